The number of carboxylic acid groups (broad SMARTS) is 1. The van der Waals surface area contributed by atoms with Crippen LogP contribution in [0.25, 0.3) is 10.9 Å². The van der Waals surface area contributed by atoms with Crippen molar-refractivity contribution in [1.29, 1.82) is 0 Å². The maximum absolute atomic E-state index is 13.7. The van der Waals surface area contributed by atoms with Gasteiger partial charge in [-0.25, -0.2) is 0 Å². The maximum atomic E-state index is 13.7. The van der Waals surface area contributed by atoms with E-state index in [0.29, 0.717) is 5.69 Å². The lowest BCUT2D eigenvalue weighted by Crippen LogP contribution is -2.60. The van der Waals surface area contributed by atoms with Gasteiger partial charge in [-0.2, -0.15) is 0 Å². The lowest BCUT2D eigenvalue weighted by Gasteiger charge is -2.26. The van der Waals surface area contributed by atoms with Gasteiger partial charge in [0.05, 0.1) is 6.61 Å². The van der Waals surface area contributed by atoms with Crippen LogP contribution in [0.3, 0.4) is 0 Å². The summed E-state index contributed by atoms with van der Waals surface area (Å²) < 4.78 is 0. The van der Waals surface area contributed by atoms with Crippen molar-refractivity contribution in [3.05, 3.63) is 36.0 Å². The van der Waals surface area contributed by atoms with Gasteiger partial charge < -0.3 is 58.1 Å². The number of aliphatic hydroxyl groups excluding tert-OH is 1. The van der Waals surface area contributed by atoms with E-state index in [1.807, 2.05) is 24.3 Å². The molecule has 20 nitrogen and oxygen atoms in total. The van der Waals surface area contributed by atoms with Crippen molar-refractivity contribution in [2.24, 2.45) is 11.7 Å². The number of benzene rings is 1. The zero-order chi connectivity index (χ0) is 42.4. The van der Waals surface area contributed by atoms with E-state index in [0.717, 1.165) is 32.5 Å². The van der Waals surface area contributed by atoms with E-state index in [1.165, 1.54) is 13.8 Å². The minimum atomic E-state index is -1.67. The maximum Gasteiger partial charge on any atom is 0.303 e. The average Bonchev–Trinajstić information content (AvgIpc) is 3.56. The molecule has 0 bridgehead atoms. The number of carbonyl (C=O) groups excluding carboxylic acids is 8. The molecule has 7 atom stereocenters. The number of hydrogen-bond donors (Lipinski definition) is 11. The van der Waals surface area contributed by atoms with Crippen LogP contribution in [0.1, 0.15) is 46.2 Å². The number of amides is 8. The second-order valence-corrected chi connectivity index (χ2v) is 16.2. The number of hydrogen-bond acceptors (Lipinski definition) is 12. The van der Waals surface area contributed by atoms with Crippen molar-refractivity contribution < 1.29 is 53.4 Å². The average molecular weight is 836 g/mol. The summed E-state index contributed by atoms with van der Waals surface area (Å²) in [5.41, 5.74) is 7.05. The fourth-order valence-electron chi connectivity index (χ4n) is 5.52. The smallest absolute Gasteiger partial charge is 0.303 e. The predicted octanol–water partition coefficient (Wildman–Crippen LogP) is -2.46. The SMILES string of the molecule is CC(=O)N[C@H](C(=O)N[C@H]1CSSC[C@@H](C(=O)N[C@@H](Cc2cc3ccccc3[nH]2)C(N)=O)NC(=O)[C@H](C)NC(=O)[C@H](CCC(=O)O)NC(=O)[C@H](CO)NC1=O)C(C)C. The van der Waals surface area contributed by atoms with Gasteiger partial charge in [0.1, 0.15) is 42.3 Å². The van der Waals surface area contributed by atoms with Crippen molar-refractivity contribution in [2.45, 2.75) is 89.3 Å². The van der Waals surface area contributed by atoms with Gasteiger partial charge in [0, 0.05) is 42.5 Å². The molecular formula is C35H49N9O11S2. The van der Waals surface area contributed by atoms with Crippen molar-refractivity contribution in [3.8, 4) is 0 Å². The Morgan fingerprint density at radius 1 is 0.895 bits per heavy atom. The second kappa shape index (κ2) is 21.8. The molecule has 57 heavy (non-hydrogen) atoms. The quantitative estimate of drug-likeness (QED) is 0.0935. The molecule has 2 heterocycles. The Kier molecular flexibility index (Phi) is 17.6. The first-order valence-electron chi connectivity index (χ1n) is 17.9. The van der Waals surface area contributed by atoms with Crippen LogP contribution in [-0.2, 0) is 49.6 Å². The minimum Gasteiger partial charge on any atom is -0.481 e. The van der Waals surface area contributed by atoms with E-state index >= 15 is 0 Å². The molecule has 1 aromatic heterocycles. The summed E-state index contributed by atoms with van der Waals surface area (Å²) in [5.74, 6) is -8.88. The molecule has 0 aliphatic carbocycles. The molecule has 0 radical (unpaired) electrons. The highest BCUT2D eigenvalue weighted by atomic mass is 33.1. The molecule has 312 valence electrons. The van der Waals surface area contributed by atoms with E-state index in [-0.39, 0.29) is 17.9 Å². The van der Waals surface area contributed by atoms with Crippen molar-refractivity contribution in [2.75, 3.05) is 18.1 Å². The van der Waals surface area contributed by atoms with Crippen LogP contribution in [0.15, 0.2) is 30.3 Å². The predicted molar refractivity (Wildman–Crippen MR) is 210 cm³/mol. The normalized spacial score (nSPS) is 22.5. The standard InChI is InChI=1S/C35H49N9O11S2/c1-16(2)28(38-18(4)46)35(55)44-26-15-57-56-14-25(33(53)41-23(29(36)49)12-20-11-19-7-5-6-8-21(19)39-20)43-30(50)17(3)37-31(51)22(9-10-27(47)48)40-32(52)24(13-45)42-34(26)54/h5-8,11,16-17,22-26,28,39,45H,9-10,12-15H2,1-4H3,(H2,36,49)(H,37,51)(H,38,46)(H,40,52)(H,41,53)(H,42,54)(H,43,50)(H,44,55)(H,47,48)/t17-,22-,23-,24-,25-,26-,28-/m0/s1. The number of fused-ring (bicyclic) bond motifs is 1. The highest BCUT2D eigenvalue weighted by molar-refractivity contribution is 8.76. The van der Waals surface area contributed by atoms with Crippen molar-refractivity contribution >= 4 is 85.7 Å². The van der Waals surface area contributed by atoms with E-state index < -0.39 is 121 Å². The first-order valence-corrected chi connectivity index (χ1v) is 20.4. The van der Waals surface area contributed by atoms with Gasteiger partial charge in [-0.1, -0.05) is 53.6 Å². The molecule has 1 aliphatic heterocycles. The molecule has 12 N–H and O–H groups in total. The van der Waals surface area contributed by atoms with Crippen LogP contribution in [0, 0.1) is 5.92 Å². The van der Waals surface area contributed by atoms with Crippen LogP contribution in [0.4, 0.5) is 0 Å². The topological polar surface area (TPSA) is 320 Å². The molecule has 1 aliphatic rings. The third kappa shape index (κ3) is 14.3. The molecule has 1 saturated heterocycles. The van der Waals surface area contributed by atoms with Crippen LogP contribution in [0.2, 0.25) is 0 Å². The summed E-state index contributed by atoms with van der Waals surface area (Å²) in [6.07, 6.45) is -1.06. The first kappa shape index (κ1) is 46.0. The Morgan fingerprint density at radius 3 is 2.16 bits per heavy atom. The van der Waals surface area contributed by atoms with E-state index in [2.05, 4.69) is 42.2 Å². The fourth-order valence-corrected chi connectivity index (χ4v) is 7.85. The van der Waals surface area contributed by atoms with Gasteiger partial charge in [0.2, 0.25) is 47.3 Å². The molecule has 3 rings (SSSR count). The van der Waals surface area contributed by atoms with E-state index in [1.54, 1.807) is 19.9 Å². The molecule has 2 aromatic rings. The van der Waals surface area contributed by atoms with Crippen molar-refractivity contribution in [3.63, 3.8) is 0 Å². The number of nitrogens with two attached hydrogens (primary N) is 1. The van der Waals surface area contributed by atoms with Gasteiger partial charge in [0.15, 0.2) is 0 Å². The molecule has 0 unspecified atom stereocenters. The third-order valence-electron chi connectivity index (χ3n) is 8.64. The van der Waals surface area contributed by atoms with Crippen LogP contribution in [-0.4, -0.2) is 129 Å². The number of aliphatic hydroxyl groups is 1. The zero-order valence-electron chi connectivity index (χ0n) is 31.7. The molecule has 0 spiro atoms. The Balaban J connectivity index is 1.94. The number of primary amides is 1. The Morgan fingerprint density at radius 2 is 1.54 bits per heavy atom. The lowest BCUT2D eigenvalue weighted by molar-refractivity contribution is -0.138. The number of nitrogens with one attached hydrogen (secondary N) is 8. The fraction of sp³-hybridized carbons (Fsp3) is 0.514. The third-order valence-corrected chi connectivity index (χ3v) is 11.1. The van der Waals surface area contributed by atoms with Gasteiger partial charge in [-0.3, -0.25) is 43.2 Å². The molecule has 0 saturated carbocycles. The molecule has 1 aromatic carbocycles. The summed E-state index contributed by atoms with van der Waals surface area (Å²) in [5, 5.41) is 37.3. The van der Waals surface area contributed by atoms with E-state index in [9.17, 15) is 53.4 Å². The Bertz CT molecular complexity index is 1790. The number of aromatic nitrogens is 1. The monoisotopic (exact) mass is 835 g/mol. The van der Waals surface area contributed by atoms with Crippen LogP contribution < -0.4 is 43.0 Å². The van der Waals surface area contributed by atoms with Gasteiger partial charge in [-0.15, -0.1) is 0 Å². The van der Waals surface area contributed by atoms with Gasteiger partial charge >= 0.3 is 5.97 Å². The van der Waals surface area contributed by atoms with Crippen LogP contribution >= 0.6 is 21.6 Å². The second-order valence-electron chi connectivity index (χ2n) is 13.6. The number of carbonyl (C=O) groups is 9. The molecule has 8 amide bonds. The summed E-state index contributed by atoms with van der Waals surface area (Å²) in [4.78, 5) is 119. The first-order chi connectivity index (χ1) is 26.9. The summed E-state index contributed by atoms with van der Waals surface area (Å²) in [6, 6.07) is -0.457. The highest BCUT2D eigenvalue weighted by Crippen LogP contribution is 2.24. The summed E-state index contributed by atoms with van der Waals surface area (Å²) in [7, 11) is 1.99. The zero-order valence-corrected chi connectivity index (χ0v) is 33.3. The number of aromatic amines is 1. The highest BCUT2D eigenvalue weighted by Gasteiger charge is 2.34. The summed E-state index contributed by atoms with van der Waals surface area (Å²) in [6.45, 7) is 4.87. The Labute approximate surface area is 335 Å². The molecular weight excluding hydrogens is 787 g/mol. The van der Waals surface area contributed by atoms with E-state index in [4.69, 9.17) is 5.73 Å². The number of aliphatic carboxylic acids is 1. The molecule has 1 fully saturated rings. The number of para-hydroxylation sites is 1. The number of rotatable bonds is 13. The van der Waals surface area contributed by atoms with Crippen LogP contribution in [0.5, 0.6) is 0 Å². The number of carboxylic acids is 1. The minimum absolute atomic E-state index is 0.0184. The lowest BCUT2D eigenvalue weighted by atomic mass is 10.0. The molecule has 22 heteroatoms. The largest absolute Gasteiger partial charge is 0.481 e. The van der Waals surface area contributed by atoms with Gasteiger partial charge in [0.25, 0.3) is 0 Å². The Hall–Kier alpha value is -5.35. The van der Waals surface area contributed by atoms with Crippen molar-refractivity contribution in [1.82, 2.24) is 42.2 Å². The number of H-pyrrole nitrogens is 1. The van der Waals surface area contributed by atoms with Gasteiger partial charge in [-0.05, 0) is 36.8 Å². The summed E-state index contributed by atoms with van der Waals surface area (Å²) >= 11 is 0.